The fourth-order valence-electron chi connectivity index (χ4n) is 11.1. The molecule has 0 atom stereocenters. The van der Waals surface area contributed by atoms with Crippen LogP contribution in [0.15, 0.2) is 168 Å². The van der Waals surface area contributed by atoms with Crippen LogP contribution in [0.4, 0.5) is 0 Å². The molecule has 64 heavy (non-hydrogen) atoms. The minimum atomic E-state index is 0.906. The molecule has 9 aromatic carbocycles. The molecule has 3 heterocycles. The van der Waals surface area contributed by atoms with Gasteiger partial charge in [0.05, 0.1) is 11.0 Å². The summed E-state index contributed by atoms with van der Waals surface area (Å²) >= 11 is 0. The van der Waals surface area contributed by atoms with Crippen molar-refractivity contribution >= 4 is 159 Å². The van der Waals surface area contributed by atoms with Crippen molar-refractivity contribution in [2.45, 2.75) is 0 Å². The Labute approximate surface area is 379 Å². The summed E-state index contributed by atoms with van der Waals surface area (Å²) in [4.78, 5) is 0. The maximum atomic E-state index is 6.51. The minimum absolute atomic E-state index is 0.906. The van der Waals surface area contributed by atoms with Crippen molar-refractivity contribution in [2.75, 3.05) is 0 Å². The van der Waals surface area contributed by atoms with Gasteiger partial charge in [-0.15, -0.1) is 5.46 Å². The molecule has 0 aliphatic rings. The predicted octanol–water partition coefficient (Wildman–Crippen LogP) is 2.59. The zero-order valence-electron chi connectivity index (χ0n) is 37.4. The summed E-state index contributed by atoms with van der Waals surface area (Å²) in [6.07, 6.45) is 0. The fourth-order valence-corrected chi connectivity index (χ4v) is 11.1. The molecule has 294 valence electrons. The highest BCUT2D eigenvalue weighted by atomic mass is 16.3. The molecule has 3 nitrogen and oxygen atoms in total. The first-order chi connectivity index (χ1) is 31.2. The molecule has 0 amide bonds. The molecule has 0 saturated heterocycles. The van der Waals surface area contributed by atoms with Crippen molar-refractivity contribution < 1.29 is 4.42 Å². The lowest BCUT2D eigenvalue weighted by atomic mass is 9.64. The molecule has 0 aliphatic carbocycles. The molecule has 0 radical (unpaired) electrons. The molecule has 12 rings (SSSR count). The monoisotopic (exact) mass is 810 g/mol. The highest BCUT2D eigenvalue weighted by molar-refractivity contribution is 6.69. The summed E-state index contributed by atoms with van der Waals surface area (Å²) in [5, 5.41) is 7.46. The van der Waals surface area contributed by atoms with Gasteiger partial charge in [0.25, 0.3) is 0 Å². The molecule has 0 unspecified atom stereocenters. The number of para-hydroxylation sites is 1. The average Bonchev–Trinajstić information content (AvgIpc) is 4.01. The van der Waals surface area contributed by atoms with Gasteiger partial charge in [0.2, 0.25) is 0 Å². The smallest absolute Gasteiger partial charge is 0.141 e. The van der Waals surface area contributed by atoms with Crippen LogP contribution in [0.25, 0.3) is 110 Å². The SMILES string of the molecule is Bc1c(B)c(B)c2c(c1B)c1c(B)c(-c3ccc4c(c3)c3c(-c5ccccc5)cccc3n4-c3cccc(-c4ccccc4)c3)c(B)c(B)c1n2-c1ccc2c(c1)oc1ccccc12. The molecular weight excluding hydrogens is 768 g/mol. The van der Waals surface area contributed by atoms with Crippen molar-refractivity contribution in [3.05, 3.63) is 164 Å². The molecule has 12 aromatic rings. The van der Waals surface area contributed by atoms with Crippen LogP contribution in [0.3, 0.4) is 0 Å². The second kappa shape index (κ2) is 14.4. The third-order valence-electron chi connectivity index (χ3n) is 14.6. The summed E-state index contributed by atoms with van der Waals surface area (Å²) in [6.45, 7) is 0. The summed E-state index contributed by atoms with van der Waals surface area (Å²) in [5.41, 5.74) is 25.7. The van der Waals surface area contributed by atoms with Crippen LogP contribution >= 0.6 is 0 Å². The molecule has 0 saturated carbocycles. The number of aromatic nitrogens is 2. The van der Waals surface area contributed by atoms with E-state index < -0.39 is 0 Å². The molecule has 3 aromatic heterocycles. The molecule has 0 bridgehead atoms. The second-order valence-corrected chi connectivity index (χ2v) is 17.9. The van der Waals surface area contributed by atoms with Crippen molar-refractivity contribution in [1.82, 2.24) is 9.13 Å². The zero-order valence-corrected chi connectivity index (χ0v) is 37.4. The van der Waals surface area contributed by atoms with E-state index in [1.165, 1.54) is 115 Å². The fraction of sp³-hybridized carbons (Fsp3) is 0. The number of fused-ring (bicyclic) bond motifs is 9. The largest absolute Gasteiger partial charge is 0.456 e. The molecule has 0 aliphatic heterocycles. The number of furan rings is 1. The van der Waals surface area contributed by atoms with E-state index in [0.717, 1.165) is 33.3 Å². The van der Waals surface area contributed by atoms with Gasteiger partial charge in [0.15, 0.2) is 0 Å². The second-order valence-electron chi connectivity index (χ2n) is 17.9. The first kappa shape index (κ1) is 38.5. The van der Waals surface area contributed by atoms with Crippen LogP contribution in [-0.4, -0.2) is 64.1 Å². The van der Waals surface area contributed by atoms with Crippen LogP contribution < -0.4 is 38.2 Å². The van der Waals surface area contributed by atoms with Crippen LogP contribution in [0.5, 0.6) is 0 Å². The lowest BCUT2D eigenvalue weighted by Gasteiger charge is -2.19. The maximum Gasteiger partial charge on any atom is 0.141 e. The summed E-state index contributed by atoms with van der Waals surface area (Å²) < 4.78 is 11.5. The molecular formula is C54H41B7N2O. The van der Waals surface area contributed by atoms with Gasteiger partial charge in [-0.1, -0.05) is 142 Å². The Morgan fingerprint density at radius 3 is 1.73 bits per heavy atom. The van der Waals surface area contributed by atoms with Gasteiger partial charge >= 0.3 is 0 Å². The van der Waals surface area contributed by atoms with Crippen molar-refractivity contribution in [3.63, 3.8) is 0 Å². The zero-order chi connectivity index (χ0) is 43.5. The normalized spacial score (nSPS) is 11.9. The lowest BCUT2D eigenvalue weighted by Crippen LogP contribution is -2.48. The van der Waals surface area contributed by atoms with Crippen LogP contribution in [0.1, 0.15) is 0 Å². The number of hydrogen-bond acceptors (Lipinski definition) is 1. The van der Waals surface area contributed by atoms with Gasteiger partial charge in [-0.05, 0) is 87.3 Å². The van der Waals surface area contributed by atoms with E-state index in [9.17, 15) is 0 Å². The van der Waals surface area contributed by atoms with Crippen LogP contribution in [-0.2, 0) is 0 Å². The lowest BCUT2D eigenvalue weighted by molar-refractivity contribution is 0.668. The first-order valence-corrected chi connectivity index (χ1v) is 22.4. The summed E-state index contributed by atoms with van der Waals surface area (Å²) in [7, 11) is 16.2. The number of rotatable bonds is 5. The highest BCUT2D eigenvalue weighted by Crippen LogP contribution is 2.41. The molecule has 0 spiro atoms. The molecule has 10 heteroatoms. The third-order valence-corrected chi connectivity index (χ3v) is 14.6. The topological polar surface area (TPSA) is 23.0 Å². The van der Waals surface area contributed by atoms with Gasteiger partial charge in [-0.3, -0.25) is 0 Å². The Morgan fingerprint density at radius 2 is 0.953 bits per heavy atom. The van der Waals surface area contributed by atoms with E-state index in [2.05, 4.69) is 222 Å². The van der Waals surface area contributed by atoms with E-state index >= 15 is 0 Å². The summed E-state index contributed by atoms with van der Waals surface area (Å²) in [5.74, 6) is 0. The van der Waals surface area contributed by atoms with Gasteiger partial charge in [-0.2, -0.15) is 0 Å². The van der Waals surface area contributed by atoms with Gasteiger partial charge < -0.3 is 13.6 Å². The third kappa shape index (κ3) is 5.51. The number of benzene rings is 9. The van der Waals surface area contributed by atoms with E-state index in [-0.39, 0.29) is 0 Å². The highest BCUT2D eigenvalue weighted by Gasteiger charge is 2.26. The number of nitrogens with zero attached hydrogens (tertiary/aromatic N) is 2. The first-order valence-electron chi connectivity index (χ1n) is 22.4. The summed E-state index contributed by atoms with van der Waals surface area (Å²) in [6, 6.07) is 59.6. The van der Waals surface area contributed by atoms with Crippen molar-refractivity contribution in [2.24, 2.45) is 0 Å². The Morgan fingerprint density at radius 1 is 0.328 bits per heavy atom. The molecule has 0 fully saturated rings. The average molecular weight is 810 g/mol. The van der Waals surface area contributed by atoms with Gasteiger partial charge in [-0.25, -0.2) is 0 Å². The number of hydrogen-bond donors (Lipinski definition) is 0. The minimum Gasteiger partial charge on any atom is -0.456 e. The van der Waals surface area contributed by atoms with E-state index in [1.54, 1.807) is 0 Å². The van der Waals surface area contributed by atoms with Gasteiger partial charge in [0, 0.05) is 55.4 Å². The predicted molar refractivity (Wildman–Crippen MR) is 296 cm³/mol. The van der Waals surface area contributed by atoms with E-state index in [0.29, 0.717) is 0 Å². The van der Waals surface area contributed by atoms with Crippen molar-refractivity contribution in [3.8, 4) is 44.8 Å². The van der Waals surface area contributed by atoms with Crippen LogP contribution in [0.2, 0.25) is 0 Å². The van der Waals surface area contributed by atoms with E-state index in [1.807, 2.05) is 6.07 Å². The van der Waals surface area contributed by atoms with E-state index in [4.69, 9.17) is 4.42 Å². The van der Waals surface area contributed by atoms with Gasteiger partial charge in [0.1, 0.15) is 66.1 Å². The Hall–Kier alpha value is -7.17. The molecule has 0 N–H and O–H groups in total. The van der Waals surface area contributed by atoms with Crippen LogP contribution in [0, 0.1) is 0 Å². The quantitative estimate of drug-likeness (QED) is 0.246. The standard InChI is InChI=1S/C54H41B7N2O/c55-46-42(47(56)51(60)53-44(46)45-48(57)49(58)50(59)52(61)54(45)63(53)33-22-23-36-35-17-7-8-20-40(35)64-41(36)27-33)31-21-24-38-37(26-31)43-34(29-13-5-2-6-14-29)18-10-19-39(43)62(38)32-16-9-15-30(25-32)28-11-3-1-4-12-28/h1-27H,55-61H2. The maximum absolute atomic E-state index is 6.51. The Kier molecular flexibility index (Phi) is 8.69. The van der Waals surface area contributed by atoms with Crippen molar-refractivity contribution in [1.29, 1.82) is 0 Å². The Bertz CT molecular complexity index is 3930. The Balaban J connectivity index is 1.15.